The average Bonchev–Trinajstić information content (AvgIpc) is 2.58. The summed E-state index contributed by atoms with van der Waals surface area (Å²) < 4.78 is 2.65. The first-order valence-corrected chi connectivity index (χ1v) is 10.3. The molecule has 0 bridgehead atoms. The molecule has 0 spiro atoms. The third-order valence-corrected chi connectivity index (χ3v) is 6.54. The molecule has 0 aromatic rings. The molecule has 0 amide bonds. The van der Waals surface area contributed by atoms with Gasteiger partial charge < -0.3 is 25.9 Å². The Morgan fingerprint density at radius 2 is 0.609 bits per heavy atom. The third kappa shape index (κ3) is 9.45. The molecule has 0 N–H and O–H groups in total. The summed E-state index contributed by atoms with van der Waals surface area (Å²) in [6.07, 6.45) is 8.62. The van der Waals surface area contributed by atoms with Crippen LogP contribution in [0, 0.1) is 0 Å². The minimum absolute atomic E-state index is 0. The zero-order chi connectivity index (χ0) is 16.9. The molecule has 0 atom stereocenters. The molecule has 0 saturated carbocycles. The maximum Gasteiger partial charge on any atom is 0.0786 e. The van der Waals surface area contributed by atoms with E-state index in [-0.39, 0.29) is 17.0 Å². The van der Waals surface area contributed by atoms with E-state index in [2.05, 4.69) is 41.5 Å². The van der Waals surface area contributed by atoms with Gasteiger partial charge in [0, 0.05) is 0 Å². The van der Waals surface area contributed by atoms with Crippen molar-refractivity contribution in [1.82, 2.24) is 0 Å². The van der Waals surface area contributed by atoms with E-state index in [9.17, 15) is 0 Å². The lowest BCUT2D eigenvalue weighted by molar-refractivity contribution is -0.923. The number of nitrogens with zero attached hydrogens (tertiary/aromatic N) is 2. The molecule has 0 unspecified atom stereocenters. The molecule has 0 rings (SSSR count). The summed E-state index contributed by atoms with van der Waals surface area (Å²) in [7, 11) is 0. The molecule has 0 heterocycles. The molecular formula is C20H46BrN2+. The van der Waals surface area contributed by atoms with Crippen LogP contribution in [0.1, 0.15) is 80.1 Å². The van der Waals surface area contributed by atoms with Gasteiger partial charge in [0.2, 0.25) is 0 Å². The summed E-state index contributed by atoms with van der Waals surface area (Å²) in [6.45, 7) is 24.7. The monoisotopic (exact) mass is 393 g/mol. The van der Waals surface area contributed by atoms with Crippen LogP contribution in [0.4, 0.5) is 0 Å². The summed E-state index contributed by atoms with van der Waals surface area (Å²) in [6, 6.07) is 0. The van der Waals surface area contributed by atoms with E-state index in [0.29, 0.717) is 0 Å². The molecule has 142 valence electrons. The lowest BCUT2D eigenvalue weighted by Gasteiger charge is -2.36. The van der Waals surface area contributed by atoms with Gasteiger partial charge in [-0.15, -0.1) is 0 Å². The number of unbranched alkanes of at least 4 members (excludes halogenated alkanes) is 5. The van der Waals surface area contributed by atoms with Gasteiger partial charge in [0.1, 0.15) is 0 Å². The summed E-state index contributed by atoms with van der Waals surface area (Å²) >= 11 is 0. The largest absolute Gasteiger partial charge is 1.00 e. The summed E-state index contributed by atoms with van der Waals surface area (Å²) in [5.41, 5.74) is 0. The Hall–Kier alpha value is 0.400. The summed E-state index contributed by atoms with van der Waals surface area (Å²) in [5, 5.41) is 0. The maximum absolute atomic E-state index is 2.35. The Labute approximate surface area is 158 Å². The normalized spacial score (nSPS) is 12.3. The quantitative estimate of drug-likeness (QED) is 0.295. The molecule has 0 radical (unpaired) electrons. The summed E-state index contributed by atoms with van der Waals surface area (Å²) in [4.78, 5) is 0. The Morgan fingerprint density at radius 1 is 0.391 bits per heavy atom. The van der Waals surface area contributed by atoms with E-state index in [1.165, 1.54) is 99.8 Å². The van der Waals surface area contributed by atoms with Crippen molar-refractivity contribution in [1.29, 1.82) is 0 Å². The highest BCUT2D eigenvalue weighted by Gasteiger charge is 2.20. The number of rotatable bonds is 15. The van der Waals surface area contributed by atoms with Gasteiger partial charge in [-0.05, 0) is 67.2 Å². The number of hydrogen-bond donors (Lipinski definition) is 0. The first-order valence-electron chi connectivity index (χ1n) is 10.3. The Balaban J connectivity index is 0. The fourth-order valence-corrected chi connectivity index (χ4v) is 3.89. The highest BCUT2D eigenvalue weighted by molar-refractivity contribution is 4.48. The van der Waals surface area contributed by atoms with Crippen LogP contribution in [0.5, 0.6) is 0 Å². The highest BCUT2D eigenvalue weighted by atomic mass is 79.9. The first-order chi connectivity index (χ1) is 10.6. The summed E-state index contributed by atoms with van der Waals surface area (Å²) in [5.74, 6) is 0. The zero-order valence-electron chi connectivity index (χ0n) is 17.2. The van der Waals surface area contributed by atoms with Crippen molar-refractivity contribution in [2.75, 3.05) is 52.4 Å². The average molecular weight is 395 g/mol. The molecule has 0 aliphatic heterocycles. The van der Waals surface area contributed by atoms with Gasteiger partial charge >= 0.3 is 0 Å². The molecule has 0 aromatic heterocycles. The fourth-order valence-electron chi connectivity index (χ4n) is 3.89. The van der Waals surface area contributed by atoms with Crippen molar-refractivity contribution in [3.05, 3.63) is 0 Å². The van der Waals surface area contributed by atoms with Crippen LogP contribution in [0.15, 0.2) is 0 Å². The van der Waals surface area contributed by atoms with Crippen LogP contribution in [-0.4, -0.2) is 61.3 Å². The minimum atomic E-state index is 0. The van der Waals surface area contributed by atoms with E-state index < -0.39 is 0 Å². The van der Waals surface area contributed by atoms with Crippen LogP contribution >= 0.6 is 0 Å². The Morgan fingerprint density at radius 3 is 0.826 bits per heavy atom. The van der Waals surface area contributed by atoms with Gasteiger partial charge in [-0.1, -0.05) is 12.8 Å². The van der Waals surface area contributed by atoms with Crippen molar-refractivity contribution < 1.29 is 25.9 Å². The molecular weight excluding hydrogens is 348 g/mol. The van der Waals surface area contributed by atoms with Crippen molar-refractivity contribution in [3.8, 4) is 0 Å². The van der Waals surface area contributed by atoms with E-state index in [0.717, 1.165) is 0 Å². The zero-order valence-corrected chi connectivity index (χ0v) is 18.8. The van der Waals surface area contributed by atoms with Gasteiger partial charge in [0.15, 0.2) is 0 Å². The van der Waals surface area contributed by atoms with Gasteiger partial charge in [-0.3, -0.25) is 0 Å². The second-order valence-corrected chi connectivity index (χ2v) is 7.15. The number of quaternary nitrogens is 2. The van der Waals surface area contributed by atoms with Crippen LogP contribution in [0.2, 0.25) is 0 Å². The minimum Gasteiger partial charge on any atom is -1.00 e. The van der Waals surface area contributed by atoms with E-state index in [1.54, 1.807) is 0 Å². The van der Waals surface area contributed by atoms with Gasteiger partial charge in [-0.2, -0.15) is 0 Å². The molecule has 3 heteroatoms. The lowest BCUT2D eigenvalue weighted by atomic mass is 10.1. The van der Waals surface area contributed by atoms with E-state index >= 15 is 0 Å². The van der Waals surface area contributed by atoms with Gasteiger partial charge in [0.05, 0.1) is 52.4 Å². The van der Waals surface area contributed by atoms with Crippen molar-refractivity contribution >= 4 is 0 Å². The lowest BCUT2D eigenvalue weighted by Crippen LogP contribution is -3.00. The molecule has 0 saturated heterocycles. The predicted octanol–water partition coefficient (Wildman–Crippen LogP) is 2.08. The molecule has 2 nitrogen and oxygen atoms in total. The van der Waals surface area contributed by atoms with Crippen molar-refractivity contribution in [3.63, 3.8) is 0 Å². The number of hydrogen-bond acceptors (Lipinski definition) is 0. The Bertz CT molecular complexity index is 205. The molecule has 23 heavy (non-hydrogen) atoms. The van der Waals surface area contributed by atoms with Gasteiger partial charge in [0.25, 0.3) is 0 Å². The molecule has 0 aromatic carbocycles. The number of halogens is 1. The SMILES string of the molecule is CC[N+](CC)(CC)CCCCCCCC[N+](CC)(CC)CC.[Br-]. The second-order valence-electron chi connectivity index (χ2n) is 7.15. The molecule has 0 fully saturated rings. The maximum atomic E-state index is 2.35. The second kappa shape index (κ2) is 14.7. The first kappa shape index (κ1) is 25.6. The van der Waals surface area contributed by atoms with E-state index in [4.69, 9.17) is 0 Å². The van der Waals surface area contributed by atoms with Crippen molar-refractivity contribution in [2.24, 2.45) is 0 Å². The van der Waals surface area contributed by atoms with E-state index in [1.807, 2.05) is 0 Å². The highest BCUT2D eigenvalue weighted by Crippen LogP contribution is 2.13. The predicted molar refractivity (Wildman–Crippen MR) is 101 cm³/mol. The standard InChI is InChI=1S/C20H46N2.BrH/c1-7-21(8-2,9-3)19-17-15-13-14-16-18-20-22(10-4,11-5)12-6;/h7-20H2,1-6H3;1H/q+2;/p-1. The van der Waals surface area contributed by atoms with Crippen LogP contribution in [0.25, 0.3) is 0 Å². The van der Waals surface area contributed by atoms with Crippen LogP contribution < -0.4 is 17.0 Å². The Kier molecular flexibility index (Phi) is 16.4. The third-order valence-electron chi connectivity index (χ3n) is 6.54. The van der Waals surface area contributed by atoms with Crippen molar-refractivity contribution in [2.45, 2.75) is 80.1 Å². The van der Waals surface area contributed by atoms with Crippen LogP contribution in [-0.2, 0) is 0 Å². The van der Waals surface area contributed by atoms with Gasteiger partial charge in [-0.25, -0.2) is 0 Å². The molecule has 0 aliphatic rings. The smallest absolute Gasteiger partial charge is 0.0786 e. The van der Waals surface area contributed by atoms with Crippen LogP contribution in [0.3, 0.4) is 0 Å². The topological polar surface area (TPSA) is 0 Å². The fraction of sp³-hybridized carbons (Fsp3) is 1.00. The molecule has 0 aliphatic carbocycles.